The molecule has 5 heteroatoms. The van der Waals surface area contributed by atoms with Crippen LogP contribution in [0.5, 0.6) is 0 Å². The molecule has 2 aromatic rings. The quantitative estimate of drug-likeness (QED) is 0.878. The summed E-state index contributed by atoms with van der Waals surface area (Å²) in [6.45, 7) is 3.80. The Hall–Kier alpha value is -2.69. The molecule has 0 aliphatic carbocycles. The van der Waals surface area contributed by atoms with Gasteiger partial charge in [0.2, 0.25) is 0 Å². The van der Waals surface area contributed by atoms with Crippen LogP contribution < -0.4 is 5.32 Å². The molecule has 0 saturated carbocycles. The number of hydrogen-bond donors (Lipinski definition) is 1. The van der Waals surface area contributed by atoms with Crippen LogP contribution >= 0.6 is 0 Å². The summed E-state index contributed by atoms with van der Waals surface area (Å²) in [4.78, 5) is 23.7. The molecule has 114 valence electrons. The van der Waals surface area contributed by atoms with Crippen molar-refractivity contribution >= 4 is 17.6 Å². The van der Waals surface area contributed by atoms with Crippen molar-refractivity contribution in [3.63, 3.8) is 0 Å². The molecule has 0 radical (unpaired) electrons. The molecule has 4 nitrogen and oxygen atoms in total. The van der Waals surface area contributed by atoms with E-state index in [4.69, 9.17) is 4.74 Å². The van der Waals surface area contributed by atoms with Crippen LogP contribution in [-0.4, -0.2) is 18.5 Å². The summed E-state index contributed by atoms with van der Waals surface area (Å²) < 4.78 is 18.0. The van der Waals surface area contributed by atoms with Crippen LogP contribution in [0, 0.1) is 12.7 Å². The molecule has 0 spiro atoms. The van der Waals surface area contributed by atoms with Gasteiger partial charge in [-0.1, -0.05) is 6.07 Å². The minimum atomic E-state index is -0.470. The maximum Gasteiger partial charge on any atom is 0.338 e. The second-order valence-corrected chi connectivity index (χ2v) is 4.71. The molecule has 2 aromatic carbocycles. The number of benzene rings is 2. The number of halogens is 1. The van der Waals surface area contributed by atoms with Crippen LogP contribution in [-0.2, 0) is 4.74 Å². The Morgan fingerprint density at radius 1 is 1.14 bits per heavy atom. The summed E-state index contributed by atoms with van der Waals surface area (Å²) in [7, 11) is 0. The molecule has 22 heavy (non-hydrogen) atoms. The van der Waals surface area contributed by atoms with Gasteiger partial charge in [0.05, 0.1) is 12.2 Å². The fourth-order valence-electron chi connectivity index (χ4n) is 1.97. The van der Waals surface area contributed by atoms with Crippen LogP contribution in [0.4, 0.5) is 10.1 Å². The van der Waals surface area contributed by atoms with Crippen LogP contribution in [0.2, 0.25) is 0 Å². The average molecular weight is 301 g/mol. The van der Waals surface area contributed by atoms with E-state index in [1.807, 2.05) is 0 Å². The highest BCUT2D eigenvalue weighted by Gasteiger charge is 2.11. The number of ether oxygens (including phenoxy) is 1. The molecular formula is C17H16FNO3. The molecule has 0 bridgehead atoms. The number of esters is 1. The third-order valence-corrected chi connectivity index (χ3v) is 3.07. The average Bonchev–Trinajstić information content (AvgIpc) is 2.49. The summed E-state index contributed by atoms with van der Waals surface area (Å²) in [5, 5.41) is 2.69. The second kappa shape index (κ2) is 6.85. The van der Waals surface area contributed by atoms with Gasteiger partial charge in [-0.05, 0) is 55.8 Å². The van der Waals surface area contributed by atoms with Gasteiger partial charge in [0.25, 0.3) is 5.91 Å². The molecule has 0 unspecified atom stereocenters. The normalized spacial score (nSPS) is 10.1. The van der Waals surface area contributed by atoms with Crippen LogP contribution in [0.1, 0.15) is 33.2 Å². The van der Waals surface area contributed by atoms with Crippen LogP contribution in [0.15, 0.2) is 42.5 Å². The number of anilines is 1. The standard InChI is InChI=1S/C17H16FNO3/c1-3-22-17(21)13-7-8-15(11(2)9-13)19-16(20)12-5-4-6-14(18)10-12/h4-10H,3H2,1-2H3,(H,19,20). The molecule has 0 saturated heterocycles. The smallest absolute Gasteiger partial charge is 0.338 e. The Morgan fingerprint density at radius 2 is 1.91 bits per heavy atom. The first kappa shape index (κ1) is 15.7. The van der Waals surface area contributed by atoms with E-state index in [2.05, 4.69) is 5.32 Å². The van der Waals surface area contributed by atoms with E-state index in [0.29, 0.717) is 17.9 Å². The monoisotopic (exact) mass is 301 g/mol. The predicted molar refractivity (Wildman–Crippen MR) is 81.5 cm³/mol. The van der Waals surface area contributed by atoms with Gasteiger partial charge in [0.1, 0.15) is 5.82 Å². The highest BCUT2D eigenvalue weighted by molar-refractivity contribution is 6.04. The first-order chi connectivity index (χ1) is 10.5. The lowest BCUT2D eigenvalue weighted by molar-refractivity contribution is 0.0526. The van der Waals surface area contributed by atoms with E-state index in [9.17, 15) is 14.0 Å². The highest BCUT2D eigenvalue weighted by Crippen LogP contribution is 2.18. The van der Waals surface area contributed by atoms with Gasteiger partial charge < -0.3 is 10.1 Å². The van der Waals surface area contributed by atoms with E-state index in [1.165, 1.54) is 18.2 Å². The van der Waals surface area contributed by atoms with Crippen LogP contribution in [0.25, 0.3) is 0 Å². The van der Waals surface area contributed by atoms with Gasteiger partial charge >= 0.3 is 5.97 Å². The first-order valence-electron chi connectivity index (χ1n) is 6.86. The molecule has 1 N–H and O–H groups in total. The lowest BCUT2D eigenvalue weighted by atomic mass is 10.1. The Bertz CT molecular complexity index is 713. The summed E-state index contributed by atoms with van der Waals surface area (Å²) in [6, 6.07) is 10.3. The molecule has 0 atom stereocenters. The summed E-state index contributed by atoms with van der Waals surface area (Å²) in [5.74, 6) is -1.29. The molecular weight excluding hydrogens is 285 g/mol. The number of aryl methyl sites for hydroxylation is 1. The summed E-state index contributed by atoms with van der Waals surface area (Å²) in [6.07, 6.45) is 0. The Morgan fingerprint density at radius 3 is 2.55 bits per heavy atom. The van der Waals surface area contributed by atoms with Crippen molar-refractivity contribution in [2.45, 2.75) is 13.8 Å². The maximum atomic E-state index is 13.1. The lowest BCUT2D eigenvalue weighted by Crippen LogP contribution is -2.13. The molecule has 0 aromatic heterocycles. The third-order valence-electron chi connectivity index (χ3n) is 3.07. The van der Waals surface area contributed by atoms with Gasteiger partial charge in [-0.15, -0.1) is 0 Å². The van der Waals surface area contributed by atoms with E-state index < -0.39 is 17.7 Å². The molecule has 0 aliphatic heterocycles. The molecule has 0 heterocycles. The van der Waals surface area contributed by atoms with Crippen molar-refractivity contribution in [3.05, 3.63) is 65.0 Å². The fraction of sp³-hybridized carbons (Fsp3) is 0.176. The second-order valence-electron chi connectivity index (χ2n) is 4.71. The zero-order chi connectivity index (χ0) is 16.1. The van der Waals surface area contributed by atoms with E-state index >= 15 is 0 Å². The molecule has 0 aliphatic rings. The number of carbonyl (C=O) groups is 2. The molecule has 1 amide bonds. The number of amides is 1. The number of hydrogen-bond acceptors (Lipinski definition) is 3. The fourth-order valence-corrected chi connectivity index (χ4v) is 1.97. The van der Waals surface area contributed by atoms with Crippen molar-refractivity contribution < 1.29 is 18.7 Å². The third kappa shape index (κ3) is 3.69. The Kier molecular flexibility index (Phi) is 4.88. The van der Waals surface area contributed by atoms with E-state index in [0.717, 1.165) is 11.6 Å². The van der Waals surface area contributed by atoms with Gasteiger partial charge in [0.15, 0.2) is 0 Å². The van der Waals surface area contributed by atoms with Gasteiger partial charge in [-0.2, -0.15) is 0 Å². The number of carbonyl (C=O) groups excluding carboxylic acids is 2. The SMILES string of the molecule is CCOC(=O)c1ccc(NC(=O)c2cccc(F)c2)c(C)c1. The van der Waals surface area contributed by atoms with E-state index in [-0.39, 0.29) is 5.56 Å². The minimum Gasteiger partial charge on any atom is -0.462 e. The maximum absolute atomic E-state index is 13.1. The molecule has 2 rings (SSSR count). The van der Waals surface area contributed by atoms with Gasteiger partial charge in [0, 0.05) is 11.3 Å². The van der Waals surface area contributed by atoms with Crippen molar-refractivity contribution in [2.75, 3.05) is 11.9 Å². The minimum absolute atomic E-state index is 0.230. The first-order valence-corrected chi connectivity index (χ1v) is 6.86. The van der Waals surface area contributed by atoms with Crippen molar-refractivity contribution in [3.8, 4) is 0 Å². The number of nitrogens with one attached hydrogen (secondary N) is 1. The van der Waals surface area contributed by atoms with E-state index in [1.54, 1.807) is 32.0 Å². The van der Waals surface area contributed by atoms with Gasteiger partial charge in [-0.3, -0.25) is 4.79 Å². The van der Waals surface area contributed by atoms with Gasteiger partial charge in [-0.25, -0.2) is 9.18 Å². The zero-order valence-electron chi connectivity index (χ0n) is 12.4. The summed E-state index contributed by atoms with van der Waals surface area (Å²) >= 11 is 0. The molecule has 0 fully saturated rings. The zero-order valence-corrected chi connectivity index (χ0v) is 12.4. The van der Waals surface area contributed by atoms with Crippen molar-refractivity contribution in [2.24, 2.45) is 0 Å². The Balaban J connectivity index is 2.16. The van der Waals surface area contributed by atoms with Crippen molar-refractivity contribution in [1.29, 1.82) is 0 Å². The summed E-state index contributed by atoms with van der Waals surface area (Å²) in [5.41, 5.74) is 1.93. The van der Waals surface area contributed by atoms with Crippen molar-refractivity contribution in [1.82, 2.24) is 0 Å². The topological polar surface area (TPSA) is 55.4 Å². The highest BCUT2D eigenvalue weighted by atomic mass is 19.1. The Labute approximate surface area is 127 Å². The largest absolute Gasteiger partial charge is 0.462 e. The predicted octanol–water partition coefficient (Wildman–Crippen LogP) is 3.56. The van der Waals surface area contributed by atoms with Crippen LogP contribution in [0.3, 0.4) is 0 Å². The number of rotatable bonds is 4. The lowest BCUT2D eigenvalue weighted by Gasteiger charge is -2.10.